The van der Waals surface area contributed by atoms with Crippen LogP contribution in [0.25, 0.3) is 11.4 Å². The minimum absolute atomic E-state index is 0.449. The minimum atomic E-state index is -0.770. The van der Waals surface area contributed by atoms with Gasteiger partial charge in [-0.05, 0) is 24.3 Å². The molecule has 1 unspecified atom stereocenters. The van der Waals surface area contributed by atoms with Gasteiger partial charge in [-0.25, -0.2) is 4.98 Å². The maximum atomic E-state index is 11.3. The van der Waals surface area contributed by atoms with E-state index in [0.717, 1.165) is 29.2 Å². The Labute approximate surface area is 124 Å². The van der Waals surface area contributed by atoms with Crippen molar-refractivity contribution in [2.75, 3.05) is 0 Å². The van der Waals surface area contributed by atoms with Crippen LogP contribution in [0.4, 0.5) is 0 Å². The number of hydrogen-bond donors (Lipinski definition) is 1. The second-order valence-corrected chi connectivity index (χ2v) is 6.03. The molecule has 0 radical (unpaired) electrons. The first-order valence-corrected chi connectivity index (χ1v) is 7.37. The summed E-state index contributed by atoms with van der Waals surface area (Å²) < 4.78 is 2.04. The topological polar surface area (TPSA) is 55.1 Å². The highest BCUT2D eigenvalue weighted by Gasteiger charge is 2.33. The molecule has 4 heteroatoms. The molecule has 0 saturated carbocycles. The predicted molar refractivity (Wildman–Crippen MR) is 81.4 cm³/mol. The van der Waals surface area contributed by atoms with E-state index in [2.05, 4.69) is 43.1 Å². The molecule has 0 amide bonds. The maximum Gasteiger partial charge on any atom is 0.312 e. The Morgan fingerprint density at radius 3 is 2.57 bits per heavy atom. The van der Waals surface area contributed by atoms with Gasteiger partial charge < -0.3 is 9.67 Å². The van der Waals surface area contributed by atoms with Crippen molar-refractivity contribution in [1.82, 2.24) is 9.55 Å². The van der Waals surface area contributed by atoms with Gasteiger partial charge in [-0.1, -0.05) is 38.1 Å². The van der Waals surface area contributed by atoms with E-state index in [0.29, 0.717) is 12.3 Å². The third-order valence-corrected chi connectivity index (χ3v) is 4.38. The fraction of sp³-hybridized carbons (Fsp3) is 0.412. The van der Waals surface area contributed by atoms with Crippen LogP contribution in [0.15, 0.2) is 24.3 Å². The smallest absolute Gasteiger partial charge is 0.312 e. The lowest BCUT2D eigenvalue weighted by Crippen LogP contribution is -2.08. The summed E-state index contributed by atoms with van der Waals surface area (Å²) in [6, 6.07) is 8.38. The van der Waals surface area contributed by atoms with E-state index in [1.807, 2.05) is 11.6 Å². The lowest BCUT2D eigenvalue weighted by atomic mass is 10.0. The highest BCUT2D eigenvalue weighted by molar-refractivity contribution is 5.77. The molecule has 3 rings (SSSR count). The first-order chi connectivity index (χ1) is 9.99. The zero-order chi connectivity index (χ0) is 15.1. The summed E-state index contributed by atoms with van der Waals surface area (Å²) >= 11 is 0. The van der Waals surface area contributed by atoms with E-state index < -0.39 is 11.9 Å². The van der Waals surface area contributed by atoms with Crippen molar-refractivity contribution in [2.24, 2.45) is 7.05 Å². The third kappa shape index (κ3) is 2.24. The van der Waals surface area contributed by atoms with Gasteiger partial charge in [-0.15, -0.1) is 0 Å². The average Bonchev–Trinajstić information content (AvgIpc) is 3.00. The molecule has 1 aliphatic rings. The molecule has 0 spiro atoms. The fourth-order valence-electron chi connectivity index (χ4n) is 3.06. The van der Waals surface area contributed by atoms with Gasteiger partial charge >= 0.3 is 5.97 Å². The van der Waals surface area contributed by atoms with Gasteiger partial charge in [0.15, 0.2) is 0 Å². The molecule has 0 bridgehead atoms. The number of carbonyl (C=O) groups is 1. The van der Waals surface area contributed by atoms with Crippen LogP contribution >= 0.6 is 0 Å². The molecule has 21 heavy (non-hydrogen) atoms. The van der Waals surface area contributed by atoms with E-state index in [1.165, 1.54) is 5.56 Å². The first kappa shape index (κ1) is 13.9. The summed E-state index contributed by atoms with van der Waals surface area (Å²) in [5.74, 6) is 0.145. The van der Waals surface area contributed by atoms with Crippen LogP contribution in [0.5, 0.6) is 0 Å². The summed E-state index contributed by atoms with van der Waals surface area (Å²) in [7, 11) is 1.97. The predicted octanol–water partition coefficient (Wildman–Crippen LogP) is 3.32. The molecule has 110 valence electrons. The number of carboxylic acids is 1. The minimum Gasteiger partial charge on any atom is -0.481 e. The Morgan fingerprint density at radius 1 is 1.33 bits per heavy atom. The van der Waals surface area contributed by atoms with Crippen molar-refractivity contribution in [3.05, 3.63) is 41.2 Å². The van der Waals surface area contributed by atoms with Crippen molar-refractivity contribution >= 4 is 5.97 Å². The molecule has 1 aliphatic carbocycles. The summed E-state index contributed by atoms with van der Waals surface area (Å²) in [4.78, 5) is 15.9. The third-order valence-electron chi connectivity index (χ3n) is 4.38. The Balaban J connectivity index is 2.01. The van der Waals surface area contributed by atoms with Gasteiger partial charge in [0.25, 0.3) is 0 Å². The van der Waals surface area contributed by atoms with E-state index in [4.69, 9.17) is 0 Å². The molecule has 0 fully saturated rings. The Hall–Kier alpha value is -2.10. The van der Waals surface area contributed by atoms with Crippen LogP contribution in [0.1, 0.15) is 49.1 Å². The normalized spacial score (nSPS) is 17.2. The van der Waals surface area contributed by atoms with Gasteiger partial charge in [0.1, 0.15) is 11.7 Å². The monoisotopic (exact) mass is 284 g/mol. The van der Waals surface area contributed by atoms with Crippen molar-refractivity contribution in [3.63, 3.8) is 0 Å². The van der Waals surface area contributed by atoms with Crippen LogP contribution in [-0.4, -0.2) is 20.6 Å². The Kier molecular flexibility index (Phi) is 3.32. The number of fused-ring (bicyclic) bond motifs is 1. The van der Waals surface area contributed by atoms with Crippen molar-refractivity contribution < 1.29 is 9.90 Å². The zero-order valence-corrected chi connectivity index (χ0v) is 12.6. The standard InChI is InChI=1S/C17H20N2O2/c1-10(2)11-4-6-12(7-5-11)16-18-15-13(17(20)21)8-9-14(15)19(16)3/h4-7,10,13H,8-9H2,1-3H3,(H,20,21). The molecule has 4 nitrogen and oxygen atoms in total. The van der Waals surface area contributed by atoms with E-state index in [-0.39, 0.29) is 0 Å². The summed E-state index contributed by atoms with van der Waals surface area (Å²) in [6.45, 7) is 4.34. The number of hydrogen-bond acceptors (Lipinski definition) is 2. The zero-order valence-electron chi connectivity index (χ0n) is 12.6. The summed E-state index contributed by atoms with van der Waals surface area (Å²) in [6.07, 6.45) is 1.45. The maximum absolute atomic E-state index is 11.3. The molecule has 1 aromatic carbocycles. The van der Waals surface area contributed by atoms with E-state index in [1.54, 1.807) is 0 Å². The SMILES string of the molecule is CC(C)c1ccc(-c2nc3c(n2C)CCC3C(=O)O)cc1. The van der Waals surface area contributed by atoms with Gasteiger partial charge in [0.05, 0.1) is 5.69 Å². The van der Waals surface area contributed by atoms with Crippen molar-refractivity contribution in [3.8, 4) is 11.4 Å². The van der Waals surface area contributed by atoms with Crippen LogP contribution in [0.2, 0.25) is 0 Å². The highest BCUT2D eigenvalue weighted by Crippen LogP contribution is 2.35. The van der Waals surface area contributed by atoms with Crippen LogP contribution in [0.3, 0.4) is 0 Å². The summed E-state index contributed by atoms with van der Waals surface area (Å²) in [5, 5.41) is 9.28. The lowest BCUT2D eigenvalue weighted by Gasteiger charge is -2.08. The molecule has 1 N–H and O–H groups in total. The molecular weight excluding hydrogens is 264 g/mol. The molecule has 1 heterocycles. The lowest BCUT2D eigenvalue weighted by molar-refractivity contribution is -0.138. The molecule has 1 aromatic heterocycles. The highest BCUT2D eigenvalue weighted by atomic mass is 16.4. The number of benzene rings is 1. The van der Waals surface area contributed by atoms with E-state index >= 15 is 0 Å². The van der Waals surface area contributed by atoms with Gasteiger partial charge in [0, 0.05) is 18.3 Å². The van der Waals surface area contributed by atoms with Crippen molar-refractivity contribution in [2.45, 2.75) is 38.5 Å². The largest absolute Gasteiger partial charge is 0.481 e. The Morgan fingerprint density at radius 2 is 2.00 bits per heavy atom. The van der Waals surface area contributed by atoms with Crippen LogP contribution in [-0.2, 0) is 18.3 Å². The number of carboxylic acid groups (broad SMARTS) is 1. The second kappa shape index (κ2) is 5.02. The molecule has 1 atom stereocenters. The van der Waals surface area contributed by atoms with Crippen LogP contribution < -0.4 is 0 Å². The van der Waals surface area contributed by atoms with E-state index in [9.17, 15) is 9.90 Å². The van der Waals surface area contributed by atoms with Crippen LogP contribution in [0, 0.1) is 0 Å². The number of rotatable bonds is 3. The van der Waals surface area contributed by atoms with Gasteiger partial charge in [0.2, 0.25) is 0 Å². The number of imidazole rings is 1. The average molecular weight is 284 g/mol. The fourth-order valence-corrected chi connectivity index (χ4v) is 3.06. The molecule has 0 aliphatic heterocycles. The number of nitrogens with zero attached hydrogens (tertiary/aromatic N) is 2. The number of aliphatic carboxylic acids is 1. The Bertz CT molecular complexity index is 684. The second-order valence-electron chi connectivity index (χ2n) is 6.03. The van der Waals surface area contributed by atoms with Gasteiger partial charge in [-0.3, -0.25) is 4.79 Å². The van der Waals surface area contributed by atoms with Gasteiger partial charge in [-0.2, -0.15) is 0 Å². The molecule has 0 saturated heterocycles. The molecule has 2 aromatic rings. The number of aromatic nitrogens is 2. The summed E-state index contributed by atoms with van der Waals surface area (Å²) in [5.41, 5.74) is 4.14. The quantitative estimate of drug-likeness (QED) is 0.940. The molecular formula is C17H20N2O2. The van der Waals surface area contributed by atoms with Crippen molar-refractivity contribution in [1.29, 1.82) is 0 Å². The first-order valence-electron chi connectivity index (χ1n) is 7.37.